The molecule has 1 aromatic rings. The van der Waals surface area contributed by atoms with Gasteiger partial charge in [0.05, 0.1) is 0 Å². The smallest absolute Gasteiger partial charge is 0.243 e. The van der Waals surface area contributed by atoms with E-state index in [-0.39, 0.29) is 10.8 Å². The summed E-state index contributed by atoms with van der Waals surface area (Å²) in [4.78, 5) is -0.294. The minimum absolute atomic E-state index is 0.256. The monoisotopic (exact) mass is 286 g/mol. The molecule has 2 atom stereocenters. The lowest BCUT2D eigenvalue weighted by atomic mass is 9.97. The summed E-state index contributed by atoms with van der Waals surface area (Å²) in [5.41, 5.74) is 5.66. The number of nitrogens with two attached hydrogens (primary N) is 1. The molecular formula is C13H19FN2O2S. The summed E-state index contributed by atoms with van der Waals surface area (Å²) >= 11 is 0. The molecule has 3 N–H and O–H groups in total. The van der Waals surface area contributed by atoms with Crippen molar-refractivity contribution in [1.29, 1.82) is 0 Å². The maximum absolute atomic E-state index is 13.5. The second-order valence-electron chi connectivity index (χ2n) is 4.97. The molecule has 1 aromatic carbocycles. The Morgan fingerprint density at radius 1 is 1.26 bits per heavy atom. The van der Waals surface area contributed by atoms with Crippen molar-refractivity contribution in [2.75, 3.05) is 13.1 Å². The highest BCUT2D eigenvalue weighted by Crippen LogP contribution is 2.30. The third-order valence-corrected chi connectivity index (χ3v) is 5.24. The number of hydrogen-bond donors (Lipinski definition) is 2. The van der Waals surface area contributed by atoms with Crippen molar-refractivity contribution in [3.8, 4) is 0 Å². The third kappa shape index (κ3) is 3.32. The van der Waals surface area contributed by atoms with Crippen molar-refractivity contribution in [2.45, 2.75) is 24.2 Å². The molecular weight excluding hydrogens is 267 g/mol. The van der Waals surface area contributed by atoms with Crippen LogP contribution in [0.15, 0.2) is 29.2 Å². The van der Waals surface area contributed by atoms with Gasteiger partial charge in [0, 0.05) is 6.54 Å². The van der Waals surface area contributed by atoms with Crippen LogP contribution in [-0.4, -0.2) is 21.5 Å². The van der Waals surface area contributed by atoms with Crippen molar-refractivity contribution < 1.29 is 12.8 Å². The predicted molar refractivity (Wildman–Crippen MR) is 71.5 cm³/mol. The molecule has 0 aliphatic heterocycles. The fourth-order valence-corrected chi connectivity index (χ4v) is 3.82. The first-order valence-corrected chi connectivity index (χ1v) is 7.97. The zero-order valence-corrected chi connectivity index (χ0v) is 11.5. The molecule has 0 amide bonds. The molecule has 0 radical (unpaired) electrons. The van der Waals surface area contributed by atoms with Crippen LogP contribution >= 0.6 is 0 Å². The fourth-order valence-electron chi connectivity index (χ4n) is 2.65. The molecule has 0 saturated heterocycles. The van der Waals surface area contributed by atoms with Crippen LogP contribution in [0, 0.1) is 17.7 Å². The fraction of sp³-hybridized carbons (Fsp3) is 0.538. The number of benzene rings is 1. The van der Waals surface area contributed by atoms with E-state index in [0.29, 0.717) is 19.0 Å². The van der Waals surface area contributed by atoms with Gasteiger partial charge in [0.25, 0.3) is 0 Å². The molecule has 2 unspecified atom stereocenters. The van der Waals surface area contributed by atoms with Crippen LogP contribution in [-0.2, 0) is 10.0 Å². The first-order valence-electron chi connectivity index (χ1n) is 6.49. The van der Waals surface area contributed by atoms with Crippen molar-refractivity contribution in [3.05, 3.63) is 30.1 Å². The minimum atomic E-state index is -3.78. The predicted octanol–water partition coefficient (Wildman–Crippen LogP) is 1.48. The van der Waals surface area contributed by atoms with Gasteiger partial charge >= 0.3 is 0 Å². The zero-order chi connectivity index (χ0) is 13.9. The van der Waals surface area contributed by atoms with Crippen LogP contribution < -0.4 is 10.5 Å². The van der Waals surface area contributed by atoms with E-state index in [2.05, 4.69) is 4.72 Å². The van der Waals surface area contributed by atoms with E-state index in [9.17, 15) is 12.8 Å². The van der Waals surface area contributed by atoms with Crippen LogP contribution in [0.2, 0.25) is 0 Å². The number of nitrogens with one attached hydrogen (secondary N) is 1. The van der Waals surface area contributed by atoms with Gasteiger partial charge in [0.15, 0.2) is 0 Å². The van der Waals surface area contributed by atoms with Gasteiger partial charge in [-0.05, 0) is 43.4 Å². The van der Waals surface area contributed by atoms with Crippen LogP contribution in [0.5, 0.6) is 0 Å². The summed E-state index contributed by atoms with van der Waals surface area (Å²) in [7, 11) is -3.78. The molecule has 0 bridgehead atoms. The van der Waals surface area contributed by atoms with E-state index in [1.165, 1.54) is 18.2 Å². The molecule has 0 heterocycles. The Hall–Kier alpha value is -0.980. The summed E-state index contributed by atoms with van der Waals surface area (Å²) < 4.78 is 40.0. The van der Waals surface area contributed by atoms with Gasteiger partial charge < -0.3 is 5.73 Å². The molecule has 19 heavy (non-hydrogen) atoms. The molecule has 1 aliphatic rings. The largest absolute Gasteiger partial charge is 0.330 e. The third-order valence-electron chi connectivity index (χ3n) is 3.78. The molecule has 0 aromatic heterocycles. The normalized spacial score (nSPS) is 23.7. The number of rotatable bonds is 5. The molecule has 2 rings (SSSR count). The van der Waals surface area contributed by atoms with Crippen molar-refractivity contribution in [2.24, 2.45) is 17.6 Å². The number of sulfonamides is 1. The summed E-state index contributed by atoms with van der Waals surface area (Å²) in [6.45, 7) is 0.907. The molecule has 1 aliphatic carbocycles. The maximum Gasteiger partial charge on any atom is 0.243 e. The Balaban J connectivity index is 2.04. The average molecular weight is 286 g/mol. The van der Waals surface area contributed by atoms with E-state index in [1.54, 1.807) is 0 Å². The lowest BCUT2D eigenvalue weighted by Crippen LogP contribution is -2.33. The molecule has 1 fully saturated rings. The standard InChI is InChI=1S/C13H19FN2O2S/c14-12-6-1-2-7-13(12)19(17,18)16-9-11-5-3-4-10(11)8-15/h1-2,6-7,10-11,16H,3-5,8-9,15H2. The first-order chi connectivity index (χ1) is 9.04. The quantitative estimate of drug-likeness (QED) is 0.861. The molecule has 1 saturated carbocycles. The van der Waals surface area contributed by atoms with Gasteiger partial charge in [0.1, 0.15) is 10.7 Å². The van der Waals surface area contributed by atoms with Gasteiger partial charge in [0.2, 0.25) is 10.0 Å². The van der Waals surface area contributed by atoms with Gasteiger partial charge in [-0.3, -0.25) is 0 Å². The van der Waals surface area contributed by atoms with E-state index >= 15 is 0 Å². The zero-order valence-electron chi connectivity index (χ0n) is 10.7. The van der Waals surface area contributed by atoms with Crippen LogP contribution in [0.1, 0.15) is 19.3 Å². The Morgan fingerprint density at radius 2 is 1.95 bits per heavy atom. The number of halogens is 1. The van der Waals surface area contributed by atoms with Gasteiger partial charge in [-0.25, -0.2) is 17.5 Å². The Bertz CT molecular complexity index is 533. The highest BCUT2D eigenvalue weighted by molar-refractivity contribution is 7.89. The highest BCUT2D eigenvalue weighted by Gasteiger charge is 2.28. The Labute approximate surface area is 113 Å². The lowest BCUT2D eigenvalue weighted by molar-refractivity contribution is 0.393. The lowest BCUT2D eigenvalue weighted by Gasteiger charge is -2.18. The van der Waals surface area contributed by atoms with Crippen LogP contribution in [0.25, 0.3) is 0 Å². The minimum Gasteiger partial charge on any atom is -0.330 e. The van der Waals surface area contributed by atoms with Gasteiger partial charge in [-0.2, -0.15) is 0 Å². The topological polar surface area (TPSA) is 72.2 Å². The SMILES string of the molecule is NCC1CCCC1CNS(=O)(=O)c1ccccc1F. The highest BCUT2D eigenvalue weighted by atomic mass is 32.2. The van der Waals surface area contributed by atoms with Gasteiger partial charge in [-0.1, -0.05) is 18.6 Å². The molecule has 0 spiro atoms. The van der Waals surface area contributed by atoms with Crippen LogP contribution in [0.4, 0.5) is 4.39 Å². The number of hydrogen-bond acceptors (Lipinski definition) is 3. The molecule has 6 heteroatoms. The summed E-state index contributed by atoms with van der Waals surface area (Å²) in [5.74, 6) is -0.105. The molecule has 4 nitrogen and oxygen atoms in total. The Morgan fingerprint density at radius 3 is 2.63 bits per heavy atom. The molecule has 106 valence electrons. The van der Waals surface area contributed by atoms with E-state index < -0.39 is 15.8 Å². The second-order valence-corrected chi connectivity index (χ2v) is 6.70. The summed E-state index contributed by atoms with van der Waals surface area (Å²) in [6.07, 6.45) is 3.10. The summed E-state index contributed by atoms with van der Waals surface area (Å²) in [5, 5.41) is 0. The van der Waals surface area contributed by atoms with Crippen molar-refractivity contribution in [3.63, 3.8) is 0 Å². The van der Waals surface area contributed by atoms with E-state index in [4.69, 9.17) is 5.73 Å². The Kier molecular flexibility index (Phi) is 4.54. The second kappa shape index (κ2) is 5.98. The van der Waals surface area contributed by atoms with Crippen LogP contribution in [0.3, 0.4) is 0 Å². The van der Waals surface area contributed by atoms with Crippen molar-refractivity contribution in [1.82, 2.24) is 4.72 Å². The van der Waals surface area contributed by atoms with Gasteiger partial charge in [-0.15, -0.1) is 0 Å². The summed E-state index contributed by atoms with van der Waals surface area (Å²) in [6, 6.07) is 5.39. The maximum atomic E-state index is 13.5. The van der Waals surface area contributed by atoms with E-state index in [0.717, 1.165) is 25.3 Å². The van der Waals surface area contributed by atoms with Crippen molar-refractivity contribution >= 4 is 10.0 Å². The average Bonchev–Trinajstić information content (AvgIpc) is 2.84. The van der Waals surface area contributed by atoms with E-state index in [1.807, 2.05) is 0 Å². The first kappa shape index (κ1) is 14.4.